The fourth-order valence-electron chi connectivity index (χ4n) is 2.08. The minimum absolute atomic E-state index is 0.145. The number of carbonyl (C=O) groups is 1. The Hall–Kier alpha value is -1.79. The van der Waals surface area contributed by atoms with E-state index in [4.69, 9.17) is 5.73 Å². The zero-order valence-electron chi connectivity index (χ0n) is 9.44. The SMILES string of the molecule is NC(=O)C1CCCN1c1cccc(C(F)(F)F)n1. The van der Waals surface area contributed by atoms with Crippen molar-refractivity contribution in [2.24, 2.45) is 5.73 Å². The first-order chi connectivity index (χ1) is 8.39. The van der Waals surface area contributed by atoms with Crippen LogP contribution >= 0.6 is 0 Å². The van der Waals surface area contributed by atoms with Gasteiger partial charge < -0.3 is 10.6 Å². The number of hydrogen-bond acceptors (Lipinski definition) is 3. The van der Waals surface area contributed by atoms with Crippen LogP contribution in [-0.2, 0) is 11.0 Å². The number of aromatic nitrogens is 1. The molecule has 2 N–H and O–H groups in total. The third-order valence-electron chi connectivity index (χ3n) is 2.90. The lowest BCUT2D eigenvalue weighted by molar-refractivity contribution is -0.141. The van der Waals surface area contributed by atoms with Crippen molar-refractivity contribution in [2.75, 3.05) is 11.4 Å². The van der Waals surface area contributed by atoms with Crippen LogP contribution in [0.5, 0.6) is 0 Å². The van der Waals surface area contributed by atoms with E-state index < -0.39 is 23.8 Å². The van der Waals surface area contributed by atoms with E-state index in [1.807, 2.05) is 0 Å². The molecule has 1 aliphatic rings. The Morgan fingerprint density at radius 2 is 2.17 bits per heavy atom. The highest BCUT2D eigenvalue weighted by molar-refractivity contribution is 5.83. The molecule has 1 aromatic heterocycles. The molecule has 1 amide bonds. The van der Waals surface area contributed by atoms with E-state index in [9.17, 15) is 18.0 Å². The first-order valence-corrected chi connectivity index (χ1v) is 5.50. The van der Waals surface area contributed by atoms with Crippen molar-refractivity contribution in [3.8, 4) is 0 Å². The van der Waals surface area contributed by atoms with Crippen LogP contribution in [0.15, 0.2) is 18.2 Å². The number of rotatable bonds is 2. The normalized spacial score (nSPS) is 20.2. The van der Waals surface area contributed by atoms with Gasteiger partial charge in [0.1, 0.15) is 17.6 Å². The number of alkyl halides is 3. The van der Waals surface area contributed by atoms with E-state index in [1.54, 1.807) is 0 Å². The van der Waals surface area contributed by atoms with Crippen molar-refractivity contribution in [1.82, 2.24) is 4.98 Å². The Balaban J connectivity index is 2.31. The van der Waals surface area contributed by atoms with E-state index in [2.05, 4.69) is 4.98 Å². The molecule has 7 heteroatoms. The molecule has 0 radical (unpaired) electrons. The van der Waals surface area contributed by atoms with Gasteiger partial charge in [-0.05, 0) is 25.0 Å². The summed E-state index contributed by atoms with van der Waals surface area (Å²) < 4.78 is 37.6. The molecule has 1 atom stereocenters. The van der Waals surface area contributed by atoms with Gasteiger partial charge in [-0.3, -0.25) is 4.79 Å². The zero-order chi connectivity index (χ0) is 13.3. The maximum atomic E-state index is 12.5. The summed E-state index contributed by atoms with van der Waals surface area (Å²) in [6, 6.07) is 3.07. The van der Waals surface area contributed by atoms with Crippen LogP contribution in [0, 0.1) is 0 Å². The van der Waals surface area contributed by atoms with Crippen LogP contribution in [0.1, 0.15) is 18.5 Å². The fraction of sp³-hybridized carbons (Fsp3) is 0.455. The minimum Gasteiger partial charge on any atom is -0.368 e. The van der Waals surface area contributed by atoms with Crippen LogP contribution in [0.3, 0.4) is 0 Å². The van der Waals surface area contributed by atoms with Crippen molar-refractivity contribution in [1.29, 1.82) is 0 Å². The molecule has 98 valence electrons. The van der Waals surface area contributed by atoms with Gasteiger partial charge in [-0.25, -0.2) is 4.98 Å². The van der Waals surface area contributed by atoms with Crippen LogP contribution in [-0.4, -0.2) is 23.5 Å². The predicted octanol–water partition coefficient (Wildman–Crippen LogP) is 1.55. The second-order valence-electron chi connectivity index (χ2n) is 4.13. The topological polar surface area (TPSA) is 59.2 Å². The molecule has 1 fully saturated rings. The average molecular weight is 259 g/mol. The largest absolute Gasteiger partial charge is 0.433 e. The Morgan fingerprint density at radius 1 is 1.44 bits per heavy atom. The molecule has 0 bridgehead atoms. The third-order valence-corrected chi connectivity index (χ3v) is 2.90. The molecule has 1 aromatic rings. The lowest BCUT2D eigenvalue weighted by Crippen LogP contribution is -2.40. The van der Waals surface area contributed by atoms with Gasteiger partial charge in [0.15, 0.2) is 0 Å². The molecular weight excluding hydrogens is 247 g/mol. The number of carbonyl (C=O) groups excluding carboxylic acids is 1. The van der Waals surface area contributed by atoms with Crippen LogP contribution in [0.25, 0.3) is 0 Å². The van der Waals surface area contributed by atoms with E-state index in [0.29, 0.717) is 19.4 Å². The van der Waals surface area contributed by atoms with E-state index in [0.717, 1.165) is 6.07 Å². The monoisotopic (exact) mass is 259 g/mol. The number of nitrogens with two attached hydrogens (primary N) is 1. The zero-order valence-corrected chi connectivity index (χ0v) is 9.44. The van der Waals surface area contributed by atoms with Gasteiger partial charge in [-0.15, -0.1) is 0 Å². The summed E-state index contributed by atoms with van der Waals surface area (Å²) in [6.07, 6.45) is -3.23. The molecule has 1 aliphatic heterocycles. The molecule has 0 aromatic carbocycles. The summed E-state index contributed by atoms with van der Waals surface area (Å²) in [4.78, 5) is 16.3. The van der Waals surface area contributed by atoms with Crippen LogP contribution < -0.4 is 10.6 Å². The van der Waals surface area contributed by atoms with Gasteiger partial charge in [-0.2, -0.15) is 13.2 Å². The van der Waals surface area contributed by atoms with Gasteiger partial charge >= 0.3 is 6.18 Å². The Morgan fingerprint density at radius 3 is 2.78 bits per heavy atom. The number of amides is 1. The van der Waals surface area contributed by atoms with Gasteiger partial charge in [0, 0.05) is 6.54 Å². The highest BCUT2D eigenvalue weighted by atomic mass is 19.4. The molecule has 4 nitrogen and oxygen atoms in total. The number of primary amides is 1. The fourth-order valence-corrected chi connectivity index (χ4v) is 2.08. The third kappa shape index (κ3) is 2.39. The molecule has 1 saturated heterocycles. The van der Waals surface area contributed by atoms with Gasteiger partial charge in [-0.1, -0.05) is 6.07 Å². The number of halogens is 3. The van der Waals surface area contributed by atoms with Gasteiger partial charge in [0.2, 0.25) is 5.91 Å². The summed E-state index contributed by atoms with van der Waals surface area (Å²) in [5, 5.41) is 0. The van der Waals surface area contributed by atoms with E-state index in [-0.39, 0.29) is 5.82 Å². The summed E-state index contributed by atoms with van der Waals surface area (Å²) >= 11 is 0. The first kappa shape index (κ1) is 12.7. The lowest BCUT2D eigenvalue weighted by atomic mass is 10.2. The number of hydrogen-bond donors (Lipinski definition) is 1. The molecule has 2 heterocycles. The van der Waals surface area contributed by atoms with Crippen molar-refractivity contribution in [2.45, 2.75) is 25.1 Å². The molecule has 2 rings (SSSR count). The minimum atomic E-state index is -4.49. The smallest absolute Gasteiger partial charge is 0.368 e. The Labute approximate surface area is 102 Å². The summed E-state index contributed by atoms with van der Waals surface area (Å²) in [6.45, 7) is 0.488. The van der Waals surface area contributed by atoms with Gasteiger partial charge in [0.25, 0.3) is 0 Å². The van der Waals surface area contributed by atoms with Crippen molar-refractivity contribution < 1.29 is 18.0 Å². The van der Waals surface area contributed by atoms with Gasteiger partial charge in [0.05, 0.1) is 0 Å². The van der Waals surface area contributed by atoms with Crippen LogP contribution in [0.4, 0.5) is 19.0 Å². The number of pyridine rings is 1. The van der Waals surface area contributed by atoms with Crippen LogP contribution in [0.2, 0.25) is 0 Å². The number of nitrogens with zero attached hydrogens (tertiary/aromatic N) is 2. The molecule has 18 heavy (non-hydrogen) atoms. The second kappa shape index (κ2) is 4.47. The molecule has 0 aliphatic carbocycles. The quantitative estimate of drug-likeness (QED) is 0.876. The first-order valence-electron chi connectivity index (χ1n) is 5.50. The summed E-state index contributed by atoms with van der Waals surface area (Å²) in [5.41, 5.74) is 4.26. The molecular formula is C11H12F3N3O. The second-order valence-corrected chi connectivity index (χ2v) is 4.13. The lowest BCUT2D eigenvalue weighted by Gasteiger charge is -2.23. The number of anilines is 1. The summed E-state index contributed by atoms with van der Waals surface area (Å²) in [5.74, 6) is -0.391. The maximum Gasteiger partial charge on any atom is 0.433 e. The Bertz CT molecular complexity index is 461. The standard InChI is InChI=1S/C11H12F3N3O/c12-11(13,14)8-4-1-5-9(16-8)17-6-2-3-7(17)10(15)18/h1,4-5,7H,2-3,6H2,(H2,15,18). The summed E-state index contributed by atoms with van der Waals surface area (Å²) in [7, 11) is 0. The maximum absolute atomic E-state index is 12.5. The van der Waals surface area contributed by atoms with Crippen molar-refractivity contribution in [3.05, 3.63) is 23.9 Å². The van der Waals surface area contributed by atoms with E-state index in [1.165, 1.54) is 17.0 Å². The molecule has 0 saturated carbocycles. The average Bonchev–Trinajstić information content (AvgIpc) is 2.77. The molecule has 1 unspecified atom stereocenters. The molecule has 0 spiro atoms. The predicted molar refractivity (Wildman–Crippen MR) is 58.8 cm³/mol. The highest BCUT2D eigenvalue weighted by Gasteiger charge is 2.35. The Kier molecular flexibility index (Phi) is 3.14. The van der Waals surface area contributed by atoms with Crippen molar-refractivity contribution >= 4 is 11.7 Å². The highest BCUT2D eigenvalue weighted by Crippen LogP contribution is 2.30. The van der Waals surface area contributed by atoms with E-state index >= 15 is 0 Å². The van der Waals surface area contributed by atoms with Crippen molar-refractivity contribution in [3.63, 3.8) is 0 Å².